The Morgan fingerprint density at radius 2 is 2.00 bits per heavy atom. The normalized spacial score (nSPS) is 10.6. The molecule has 0 N–H and O–H groups in total. The van der Waals surface area contributed by atoms with E-state index < -0.39 is 10.9 Å². The number of aromatic nitrogens is 2. The van der Waals surface area contributed by atoms with Crippen LogP contribution in [0.3, 0.4) is 0 Å². The van der Waals surface area contributed by atoms with Crippen LogP contribution >= 0.6 is 27.7 Å². The summed E-state index contributed by atoms with van der Waals surface area (Å²) in [6.07, 6.45) is 0. The number of nitro groups is 1. The van der Waals surface area contributed by atoms with Crippen LogP contribution in [0.1, 0.15) is 15.9 Å². The molecule has 0 saturated heterocycles. The van der Waals surface area contributed by atoms with Crippen LogP contribution in [0.25, 0.3) is 11.5 Å². The minimum absolute atomic E-state index is 0.114. The third-order valence-electron chi connectivity index (χ3n) is 3.47. The summed E-state index contributed by atoms with van der Waals surface area (Å²) < 4.78 is 11.2. The molecular formula is C17H12BrN3O5S. The van der Waals surface area contributed by atoms with Crippen molar-refractivity contribution in [3.8, 4) is 11.5 Å². The number of nitrogens with zero attached hydrogens (tertiary/aromatic N) is 3. The first-order valence-electron chi connectivity index (χ1n) is 7.55. The number of methoxy groups -OCH3 is 1. The van der Waals surface area contributed by atoms with Gasteiger partial charge in [0.1, 0.15) is 0 Å². The summed E-state index contributed by atoms with van der Waals surface area (Å²) in [6, 6.07) is 11.5. The topological polar surface area (TPSA) is 108 Å². The maximum absolute atomic E-state index is 11.7. The lowest BCUT2D eigenvalue weighted by molar-refractivity contribution is -0.384. The van der Waals surface area contributed by atoms with E-state index in [2.05, 4.69) is 30.9 Å². The number of carbonyl (C=O) groups is 1. The molecule has 0 amide bonds. The number of esters is 1. The highest BCUT2D eigenvalue weighted by Crippen LogP contribution is 2.28. The second kappa shape index (κ2) is 8.31. The van der Waals surface area contributed by atoms with Crippen LogP contribution in [0.5, 0.6) is 0 Å². The van der Waals surface area contributed by atoms with Gasteiger partial charge in [-0.25, -0.2) is 4.79 Å². The average Bonchev–Trinajstić information content (AvgIpc) is 3.15. The van der Waals surface area contributed by atoms with Gasteiger partial charge in [-0.3, -0.25) is 10.1 Å². The zero-order valence-corrected chi connectivity index (χ0v) is 16.3. The second-order valence-corrected chi connectivity index (χ2v) is 7.15. The fourth-order valence-electron chi connectivity index (χ4n) is 2.22. The molecule has 10 heteroatoms. The molecule has 0 unspecified atom stereocenters. The van der Waals surface area contributed by atoms with Crippen molar-refractivity contribution in [1.82, 2.24) is 10.2 Å². The number of rotatable bonds is 6. The van der Waals surface area contributed by atoms with Gasteiger partial charge in [-0.1, -0.05) is 27.7 Å². The number of halogens is 1. The molecule has 0 aliphatic heterocycles. The number of hydrogen-bond acceptors (Lipinski definition) is 8. The maximum atomic E-state index is 11.7. The van der Waals surface area contributed by atoms with Crippen molar-refractivity contribution in [2.45, 2.75) is 11.0 Å². The molecule has 3 rings (SSSR count). The zero-order chi connectivity index (χ0) is 19.4. The quantitative estimate of drug-likeness (QED) is 0.234. The number of benzene rings is 2. The molecule has 0 spiro atoms. The van der Waals surface area contributed by atoms with Crippen molar-refractivity contribution in [2.24, 2.45) is 0 Å². The Labute approximate surface area is 166 Å². The van der Waals surface area contributed by atoms with Gasteiger partial charge in [-0.2, -0.15) is 0 Å². The monoisotopic (exact) mass is 449 g/mol. The Kier molecular flexibility index (Phi) is 5.87. The van der Waals surface area contributed by atoms with Crippen molar-refractivity contribution < 1.29 is 18.9 Å². The average molecular weight is 450 g/mol. The lowest BCUT2D eigenvalue weighted by atomic mass is 10.1. The molecule has 0 aliphatic carbocycles. The van der Waals surface area contributed by atoms with Crippen LogP contribution in [0.4, 0.5) is 5.69 Å². The first-order chi connectivity index (χ1) is 13.0. The van der Waals surface area contributed by atoms with Gasteiger partial charge in [0, 0.05) is 27.9 Å². The molecule has 8 nitrogen and oxygen atoms in total. The van der Waals surface area contributed by atoms with Crippen molar-refractivity contribution in [3.05, 3.63) is 68.2 Å². The van der Waals surface area contributed by atoms with E-state index in [1.807, 2.05) is 24.3 Å². The van der Waals surface area contributed by atoms with E-state index >= 15 is 0 Å². The first-order valence-corrected chi connectivity index (χ1v) is 9.33. The Hall–Kier alpha value is -2.72. The van der Waals surface area contributed by atoms with E-state index in [0.717, 1.165) is 10.0 Å². The molecule has 0 atom stereocenters. The van der Waals surface area contributed by atoms with Gasteiger partial charge in [0.25, 0.3) is 10.9 Å². The van der Waals surface area contributed by atoms with E-state index in [1.165, 1.54) is 37.1 Å². The highest BCUT2D eigenvalue weighted by molar-refractivity contribution is 9.10. The van der Waals surface area contributed by atoms with Gasteiger partial charge in [0.15, 0.2) is 0 Å². The largest absolute Gasteiger partial charge is 0.465 e. The molecule has 1 aromatic heterocycles. The predicted molar refractivity (Wildman–Crippen MR) is 101 cm³/mol. The summed E-state index contributed by atoms with van der Waals surface area (Å²) >= 11 is 4.58. The third kappa shape index (κ3) is 4.72. The molecule has 1 heterocycles. The van der Waals surface area contributed by atoms with Crippen molar-refractivity contribution in [1.29, 1.82) is 0 Å². The summed E-state index contributed by atoms with van der Waals surface area (Å²) in [6.45, 7) is 0. The van der Waals surface area contributed by atoms with Crippen molar-refractivity contribution >= 4 is 39.3 Å². The molecule has 3 aromatic rings. The number of nitro benzene ring substituents is 1. The van der Waals surface area contributed by atoms with Gasteiger partial charge >= 0.3 is 5.97 Å². The number of hydrogen-bond donors (Lipinski definition) is 0. The molecule has 0 fully saturated rings. The second-order valence-electron chi connectivity index (χ2n) is 5.31. The number of non-ortho nitro benzene ring substituents is 1. The molecule has 0 radical (unpaired) electrons. The highest BCUT2D eigenvalue weighted by Gasteiger charge is 2.16. The summed E-state index contributed by atoms with van der Waals surface area (Å²) in [7, 11) is 1.22. The lowest BCUT2D eigenvalue weighted by Gasteiger charge is -2.03. The smallest absolute Gasteiger partial charge is 0.338 e. The van der Waals surface area contributed by atoms with Gasteiger partial charge in [0.05, 0.1) is 17.6 Å². The van der Waals surface area contributed by atoms with Gasteiger partial charge in [-0.05, 0) is 35.9 Å². The molecular weight excluding hydrogens is 438 g/mol. The Bertz CT molecular complexity index is 990. The van der Waals surface area contributed by atoms with E-state index in [-0.39, 0.29) is 11.3 Å². The minimum atomic E-state index is -0.639. The molecule has 0 saturated carbocycles. The van der Waals surface area contributed by atoms with Crippen LogP contribution in [0.15, 0.2) is 56.6 Å². The van der Waals surface area contributed by atoms with E-state index in [9.17, 15) is 14.9 Å². The van der Waals surface area contributed by atoms with Crippen LogP contribution in [-0.2, 0) is 10.5 Å². The van der Waals surface area contributed by atoms with Crippen molar-refractivity contribution in [2.75, 3.05) is 7.11 Å². The van der Waals surface area contributed by atoms with Gasteiger partial charge in [-0.15, -0.1) is 10.2 Å². The lowest BCUT2D eigenvalue weighted by Crippen LogP contribution is -2.03. The van der Waals surface area contributed by atoms with Crippen molar-refractivity contribution in [3.63, 3.8) is 0 Å². The fourth-order valence-corrected chi connectivity index (χ4v) is 3.18. The van der Waals surface area contributed by atoms with Crippen LogP contribution in [0.2, 0.25) is 0 Å². The summed E-state index contributed by atoms with van der Waals surface area (Å²) in [5.74, 6) is 0.0488. The summed E-state index contributed by atoms with van der Waals surface area (Å²) in [5.41, 5.74) is 1.27. The fraction of sp³-hybridized carbons (Fsp3) is 0.118. The summed E-state index contributed by atoms with van der Waals surface area (Å²) in [5, 5.41) is 19.4. The Balaban J connectivity index is 1.76. The molecule has 0 aliphatic rings. The van der Waals surface area contributed by atoms with Crippen LogP contribution in [0, 0.1) is 10.1 Å². The van der Waals surface area contributed by atoms with Gasteiger partial charge in [0.2, 0.25) is 5.89 Å². The third-order valence-corrected chi connectivity index (χ3v) is 4.89. The molecule has 2 aromatic carbocycles. The van der Waals surface area contributed by atoms with Crippen LogP contribution in [-0.4, -0.2) is 28.2 Å². The first kappa shape index (κ1) is 19.1. The summed E-state index contributed by atoms with van der Waals surface area (Å²) in [4.78, 5) is 22.2. The molecule has 0 bridgehead atoms. The van der Waals surface area contributed by atoms with E-state index in [0.29, 0.717) is 22.4 Å². The maximum Gasteiger partial charge on any atom is 0.338 e. The molecule has 138 valence electrons. The van der Waals surface area contributed by atoms with E-state index in [1.54, 1.807) is 0 Å². The SMILES string of the molecule is COC(=O)c1cc(CSc2nnc(-c3ccc(Br)cc3)o2)cc([N+](=O)[O-])c1. The number of ether oxygens (including phenoxy) is 1. The van der Waals surface area contributed by atoms with Crippen LogP contribution < -0.4 is 0 Å². The Morgan fingerprint density at radius 3 is 2.67 bits per heavy atom. The zero-order valence-electron chi connectivity index (χ0n) is 13.9. The van der Waals surface area contributed by atoms with Gasteiger partial charge < -0.3 is 9.15 Å². The molecule has 27 heavy (non-hydrogen) atoms. The number of thioether (sulfide) groups is 1. The number of carbonyl (C=O) groups excluding carboxylic acids is 1. The standard InChI is InChI=1S/C17H12BrN3O5S/c1-25-16(22)12-6-10(7-14(8-12)21(23)24)9-27-17-20-19-15(26-17)11-2-4-13(18)5-3-11/h2-8H,9H2,1H3. The predicted octanol–water partition coefficient (Wildman–Crippen LogP) is 4.49. The Morgan fingerprint density at radius 1 is 1.26 bits per heavy atom. The highest BCUT2D eigenvalue weighted by atomic mass is 79.9. The minimum Gasteiger partial charge on any atom is -0.465 e. The van der Waals surface area contributed by atoms with E-state index in [4.69, 9.17) is 4.42 Å².